The average molecular weight is 520 g/mol. The van der Waals surface area contributed by atoms with Crippen LogP contribution in [0.15, 0.2) is 79.0 Å². The summed E-state index contributed by atoms with van der Waals surface area (Å²) < 4.78 is 11.1. The third-order valence-corrected chi connectivity index (χ3v) is 6.38. The summed E-state index contributed by atoms with van der Waals surface area (Å²) in [5.41, 5.74) is 2.97. The average Bonchev–Trinajstić information content (AvgIpc) is 3.31. The van der Waals surface area contributed by atoms with Crippen molar-refractivity contribution < 1.29 is 19.1 Å². The van der Waals surface area contributed by atoms with Gasteiger partial charge in [-0.2, -0.15) is 0 Å². The number of halogens is 1. The van der Waals surface area contributed by atoms with Gasteiger partial charge in [0.2, 0.25) is 5.91 Å². The zero-order valence-corrected chi connectivity index (χ0v) is 21.6. The second-order valence-electron chi connectivity index (χ2n) is 8.78. The Kier molecular flexibility index (Phi) is 8.69. The smallest absolute Gasteiger partial charge is 0.258 e. The van der Waals surface area contributed by atoms with Gasteiger partial charge >= 0.3 is 0 Å². The summed E-state index contributed by atoms with van der Waals surface area (Å²) in [6.07, 6.45) is 2.48. The van der Waals surface area contributed by atoms with Crippen molar-refractivity contribution in [3.63, 3.8) is 0 Å². The summed E-state index contributed by atoms with van der Waals surface area (Å²) in [4.78, 5) is 30.6. The number of benzene rings is 3. The highest BCUT2D eigenvalue weighted by Gasteiger charge is 2.22. The SMILES string of the molecule is COc1ccccc1CN(C[C@@H](Cc1c[nH]c2ccccc12)NC(=O)COc1ccc(Cl)cc1)C(C)=O. The highest BCUT2D eigenvalue weighted by molar-refractivity contribution is 6.30. The van der Waals surface area contributed by atoms with Crippen LogP contribution in [-0.2, 0) is 22.6 Å². The Balaban J connectivity index is 1.51. The number of aromatic nitrogens is 1. The molecule has 0 aliphatic carbocycles. The van der Waals surface area contributed by atoms with E-state index in [9.17, 15) is 9.59 Å². The van der Waals surface area contributed by atoms with Gasteiger partial charge in [0, 0.05) is 47.7 Å². The number of amides is 2. The first-order chi connectivity index (χ1) is 17.9. The molecule has 0 saturated carbocycles. The van der Waals surface area contributed by atoms with E-state index >= 15 is 0 Å². The lowest BCUT2D eigenvalue weighted by molar-refractivity contribution is -0.131. The Morgan fingerprint density at radius 1 is 1.00 bits per heavy atom. The molecular formula is C29H30ClN3O4. The van der Waals surface area contributed by atoms with Crippen LogP contribution in [-0.4, -0.2) is 48.0 Å². The summed E-state index contributed by atoms with van der Waals surface area (Å²) in [5, 5.41) is 4.75. The number of hydrogen-bond acceptors (Lipinski definition) is 4. The molecular weight excluding hydrogens is 490 g/mol. The topological polar surface area (TPSA) is 83.7 Å². The molecule has 192 valence electrons. The summed E-state index contributed by atoms with van der Waals surface area (Å²) in [7, 11) is 1.61. The minimum Gasteiger partial charge on any atom is -0.496 e. The number of carbonyl (C=O) groups excluding carboxylic acids is 2. The molecule has 7 nitrogen and oxygen atoms in total. The minimum absolute atomic E-state index is 0.0958. The first kappa shape index (κ1) is 26.1. The van der Waals surface area contributed by atoms with Crippen molar-refractivity contribution in [2.75, 3.05) is 20.3 Å². The van der Waals surface area contributed by atoms with Crippen LogP contribution >= 0.6 is 11.6 Å². The van der Waals surface area contributed by atoms with Gasteiger partial charge < -0.3 is 24.7 Å². The maximum Gasteiger partial charge on any atom is 0.258 e. The quantitative estimate of drug-likeness (QED) is 0.292. The fourth-order valence-electron chi connectivity index (χ4n) is 4.29. The molecule has 0 spiro atoms. The highest BCUT2D eigenvalue weighted by atomic mass is 35.5. The van der Waals surface area contributed by atoms with Crippen molar-refractivity contribution in [2.45, 2.75) is 25.9 Å². The summed E-state index contributed by atoms with van der Waals surface area (Å²) in [6.45, 7) is 2.06. The van der Waals surface area contributed by atoms with Gasteiger partial charge in [-0.05, 0) is 48.4 Å². The van der Waals surface area contributed by atoms with Gasteiger partial charge in [0.1, 0.15) is 11.5 Å². The molecule has 1 atom stereocenters. The van der Waals surface area contributed by atoms with Crippen molar-refractivity contribution in [1.82, 2.24) is 15.2 Å². The van der Waals surface area contributed by atoms with E-state index < -0.39 is 0 Å². The Bertz CT molecular complexity index is 1350. The molecule has 0 aliphatic heterocycles. The van der Waals surface area contributed by atoms with Crippen molar-refractivity contribution >= 4 is 34.3 Å². The molecule has 4 aromatic rings. The zero-order chi connectivity index (χ0) is 26.2. The van der Waals surface area contributed by atoms with Crippen LogP contribution in [0.5, 0.6) is 11.5 Å². The van der Waals surface area contributed by atoms with E-state index in [4.69, 9.17) is 21.1 Å². The van der Waals surface area contributed by atoms with E-state index in [1.165, 1.54) is 6.92 Å². The Hall–Kier alpha value is -3.97. The molecule has 4 rings (SSSR count). The van der Waals surface area contributed by atoms with E-state index in [0.717, 1.165) is 22.0 Å². The monoisotopic (exact) mass is 519 g/mol. The lowest BCUT2D eigenvalue weighted by Gasteiger charge is -2.28. The van der Waals surface area contributed by atoms with Crippen LogP contribution in [0.25, 0.3) is 10.9 Å². The van der Waals surface area contributed by atoms with E-state index in [2.05, 4.69) is 10.3 Å². The number of carbonyl (C=O) groups is 2. The summed E-state index contributed by atoms with van der Waals surface area (Å²) in [6, 6.07) is 22.1. The number of ether oxygens (including phenoxy) is 2. The molecule has 37 heavy (non-hydrogen) atoms. The number of fused-ring (bicyclic) bond motifs is 1. The van der Waals surface area contributed by atoms with E-state index in [1.807, 2.05) is 54.7 Å². The van der Waals surface area contributed by atoms with Crippen LogP contribution in [0, 0.1) is 0 Å². The van der Waals surface area contributed by atoms with Crippen molar-refractivity contribution in [2.24, 2.45) is 0 Å². The van der Waals surface area contributed by atoms with E-state index in [1.54, 1.807) is 36.3 Å². The van der Waals surface area contributed by atoms with Gasteiger partial charge in [-0.25, -0.2) is 0 Å². The molecule has 1 aromatic heterocycles. The lowest BCUT2D eigenvalue weighted by atomic mass is 10.0. The second kappa shape index (κ2) is 12.3. The molecule has 0 aliphatic rings. The van der Waals surface area contributed by atoms with Gasteiger partial charge in [0.15, 0.2) is 6.61 Å². The van der Waals surface area contributed by atoms with Gasteiger partial charge in [-0.3, -0.25) is 9.59 Å². The second-order valence-corrected chi connectivity index (χ2v) is 9.22. The Morgan fingerprint density at radius 3 is 2.49 bits per heavy atom. The lowest BCUT2D eigenvalue weighted by Crippen LogP contribution is -2.47. The number of rotatable bonds is 11. The number of nitrogens with one attached hydrogen (secondary N) is 2. The minimum atomic E-state index is -0.348. The number of hydrogen-bond donors (Lipinski definition) is 2. The molecule has 8 heteroatoms. The highest BCUT2D eigenvalue weighted by Crippen LogP contribution is 2.22. The number of para-hydroxylation sites is 2. The number of H-pyrrole nitrogens is 1. The largest absolute Gasteiger partial charge is 0.496 e. The standard InChI is InChI=1S/C29H30ClN3O4/c1-20(34)33(17-21-7-3-6-10-28(21)36-2)18-24(15-22-16-31-27-9-5-4-8-26(22)27)32-29(35)19-37-25-13-11-23(30)12-14-25/h3-14,16,24,31H,15,17-19H2,1-2H3,(H,32,35)/t24-/m1/s1. The van der Waals surface area contributed by atoms with Gasteiger partial charge in [-0.1, -0.05) is 48.0 Å². The van der Waals surface area contributed by atoms with Crippen molar-refractivity contribution in [1.29, 1.82) is 0 Å². The van der Waals surface area contributed by atoms with Gasteiger partial charge in [-0.15, -0.1) is 0 Å². The molecule has 0 radical (unpaired) electrons. The van der Waals surface area contributed by atoms with E-state index in [0.29, 0.717) is 36.0 Å². The summed E-state index contributed by atoms with van der Waals surface area (Å²) in [5.74, 6) is 0.888. The molecule has 3 aromatic carbocycles. The predicted octanol–water partition coefficient (Wildman–Crippen LogP) is 4.98. The van der Waals surface area contributed by atoms with Crippen LogP contribution in [0.3, 0.4) is 0 Å². The fourth-order valence-corrected chi connectivity index (χ4v) is 4.41. The molecule has 1 heterocycles. The van der Waals surface area contributed by atoms with Crippen molar-refractivity contribution in [3.05, 3.63) is 95.1 Å². The third-order valence-electron chi connectivity index (χ3n) is 6.13. The van der Waals surface area contributed by atoms with Crippen LogP contribution in [0.2, 0.25) is 5.02 Å². The van der Waals surface area contributed by atoms with Crippen molar-refractivity contribution in [3.8, 4) is 11.5 Å². The first-order valence-electron chi connectivity index (χ1n) is 12.0. The molecule has 0 bridgehead atoms. The third kappa shape index (κ3) is 7.05. The zero-order valence-electron chi connectivity index (χ0n) is 20.9. The molecule has 0 saturated heterocycles. The Labute approximate surface area is 221 Å². The molecule has 0 unspecified atom stereocenters. The molecule has 2 amide bonds. The maximum absolute atomic E-state index is 12.9. The van der Waals surface area contributed by atoms with Crippen LogP contribution < -0.4 is 14.8 Å². The first-order valence-corrected chi connectivity index (χ1v) is 12.4. The number of methoxy groups -OCH3 is 1. The van der Waals surface area contributed by atoms with Gasteiger partial charge in [0.25, 0.3) is 5.91 Å². The molecule has 0 fully saturated rings. The number of aromatic amines is 1. The Morgan fingerprint density at radius 2 is 1.73 bits per heavy atom. The van der Waals surface area contributed by atoms with Crippen LogP contribution in [0.4, 0.5) is 0 Å². The summed E-state index contributed by atoms with van der Waals surface area (Å²) >= 11 is 5.93. The normalized spacial score (nSPS) is 11.6. The maximum atomic E-state index is 12.9. The van der Waals surface area contributed by atoms with Crippen LogP contribution in [0.1, 0.15) is 18.1 Å². The fraction of sp³-hybridized carbons (Fsp3) is 0.241. The molecule has 2 N–H and O–H groups in total. The number of nitrogens with zero attached hydrogens (tertiary/aromatic N) is 1. The van der Waals surface area contributed by atoms with E-state index in [-0.39, 0.29) is 24.5 Å². The predicted molar refractivity (Wildman–Crippen MR) is 145 cm³/mol. The van der Waals surface area contributed by atoms with Gasteiger partial charge in [0.05, 0.1) is 13.2 Å².